The molecular weight excluding hydrogens is 704 g/mol. The van der Waals surface area contributed by atoms with Gasteiger partial charge >= 0.3 is 5.69 Å². The molecule has 1 aliphatic rings. The van der Waals surface area contributed by atoms with Crippen LogP contribution in [0.4, 0.5) is 0 Å². The minimum Gasteiger partial charge on any atom is -0.497 e. The lowest BCUT2D eigenvalue weighted by Gasteiger charge is -2.54. The van der Waals surface area contributed by atoms with Crippen LogP contribution in [0.25, 0.3) is 0 Å². The van der Waals surface area contributed by atoms with Gasteiger partial charge in [-0.05, 0) is 66.0 Å². The number of aryl methyl sites for hydroxylation is 1. The van der Waals surface area contributed by atoms with E-state index in [4.69, 9.17) is 18.6 Å². The zero-order chi connectivity index (χ0) is 35.8. The number of hydrogen-bond acceptors (Lipinski definition) is 7. The van der Waals surface area contributed by atoms with Crippen molar-refractivity contribution in [2.24, 2.45) is 0 Å². The van der Waals surface area contributed by atoms with Crippen molar-refractivity contribution < 1.29 is 23.7 Å². The summed E-state index contributed by atoms with van der Waals surface area (Å²) in [7, 11) is 0.590. The van der Waals surface area contributed by atoms with Gasteiger partial charge in [0, 0.05) is 23.5 Å². The molecule has 0 radical (unpaired) electrons. The van der Waals surface area contributed by atoms with Crippen molar-refractivity contribution in [3.8, 4) is 11.5 Å². The second-order valence-corrected chi connectivity index (χ2v) is 19.6. The third-order valence-corrected chi connectivity index (χ3v) is 15.7. The molecule has 0 saturated carbocycles. The lowest BCUT2D eigenvalue weighted by atomic mass is 9.61. The summed E-state index contributed by atoms with van der Waals surface area (Å²) in [5.74, 6) is 1.39. The maximum Gasteiger partial charge on any atom is 0.330 e. The van der Waals surface area contributed by atoms with Crippen LogP contribution in [0.3, 0.4) is 0 Å². The maximum atomic E-state index is 13.2. The molecule has 1 saturated heterocycles. The Morgan fingerprint density at radius 2 is 1.45 bits per heavy atom. The van der Waals surface area contributed by atoms with Crippen LogP contribution in [0.2, 0.25) is 18.1 Å². The fraction of sp³-hybridized carbons (Fsp3) is 0.421. The van der Waals surface area contributed by atoms with Gasteiger partial charge in [0.2, 0.25) is 0 Å². The summed E-state index contributed by atoms with van der Waals surface area (Å²) in [6.07, 6.45) is -1.26. The van der Waals surface area contributed by atoms with Crippen LogP contribution in [-0.2, 0) is 14.6 Å². The summed E-state index contributed by atoms with van der Waals surface area (Å²) in [6.45, 7) is 12.6. The van der Waals surface area contributed by atoms with Crippen LogP contribution in [0.1, 0.15) is 55.7 Å². The summed E-state index contributed by atoms with van der Waals surface area (Å²) < 4.78 is 27.2. The van der Waals surface area contributed by atoms with Gasteiger partial charge in [0.1, 0.15) is 23.3 Å². The molecule has 0 spiro atoms. The second kappa shape index (κ2) is 14.0. The first-order valence-electron chi connectivity index (χ1n) is 16.4. The Hall–Kier alpha value is -3.48. The molecular formula is C38H47BrN2O7Si. The van der Waals surface area contributed by atoms with Gasteiger partial charge in [-0.15, -0.1) is 0 Å². The first-order valence-corrected chi connectivity index (χ1v) is 20.4. The van der Waals surface area contributed by atoms with E-state index in [2.05, 4.69) is 66.9 Å². The average Bonchev–Trinajstić information content (AvgIpc) is 3.43. The minimum atomic E-state index is -2.68. The van der Waals surface area contributed by atoms with Crippen molar-refractivity contribution in [1.29, 1.82) is 0 Å². The summed E-state index contributed by atoms with van der Waals surface area (Å²) in [5.41, 5.74) is -0.490. The molecule has 0 aliphatic carbocycles. The van der Waals surface area contributed by atoms with Gasteiger partial charge < -0.3 is 23.7 Å². The number of benzene rings is 3. The molecule has 3 aromatic carbocycles. The van der Waals surface area contributed by atoms with Crippen molar-refractivity contribution in [2.75, 3.05) is 19.5 Å². The predicted octanol–water partition coefficient (Wildman–Crippen LogP) is 6.70. The third kappa shape index (κ3) is 6.59. The van der Waals surface area contributed by atoms with E-state index in [1.54, 1.807) is 21.1 Å². The molecule has 1 fully saturated rings. The molecule has 5 rings (SSSR count). The number of nitrogens with zero attached hydrogens (tertiary/aromatic N) is 1. The number of rotatable bonds is 11. The number of nitrogens with one attached hydrogen (secondary N) is 1. The summed E-state index contributed by atoms with van der Waals surface area (Å²) in [5, 5.41) is 12.3. The standard InChI is InChI=1S/C38H47BrN2O7Si/c1-25-23-41(35(44)40-33(25)43)32-22-31(42)37(24-39,47-32)34(48-49(7,8)36(2,3)4)38(26-12-10-9-11-13-26,27-14-18-29(45-5)19-15-27)28-16-20-30(46-6)21-17-28/h9-21,23,31-32,34,42H,22,24H2,1-8H3,(H,40,43,44)/t31-,32+,34?,37-/m0/s1. The van der Waals surface area contributed by atoms with E-state index in [0.717, 1.165) is 16.7 Å². The van der Waals surface area contributed by atoms with Crippen LogP contribution < -0.4 is 20.7 Å². The van der Waals surface area contributed by atoms with Crippen LogP contribution in [0, 0.1) is 6.92 Å². The highest BCUT2D eigenvalue weighted by Crippen LogP contribution is 2.55. The van der Waals surface area contributed by atoms with Gasteiger partial charge in [-0.2, -0.15) is 0 Å². The van der Waals surface area contributed by atoms with Crippen molar-refractivity contribution >= 4 is 24.2 Å². The van der Waals surface area contributed by atoms with Gasteiger partial charge in [-0.25, -0.2) is 4.79 Å². The largest absolute Gasteiger partial charge is 0.497 e. The Kier molecular flexibility index (Phi) is 10.5. The van der Waals surface area contributed by atoms with E-state index in [1.807, 2.05) is 66.7 Å². The molecule has 49 heavy (non-hydrogen) atoms. The molecule has 11 heteroatoms. The van der Waals surface area contributed by atoms with Gasteiger partial charge in [-0.3, -0.25) is 14.3 Å². The number of alkyl halides is 1. The Morgan fingerprint density at radius 3 is 1.92 bits per heavy atom. The zero-order valence-corrected chi connectivity index (χ0v) is 32.0. The van der Waals surface area contributed by atoms with Gasteiger partial charge in [-0.1, -0.05) is 91.3 Å². The minimum absolute atomic E-state index is 0.0877. The molecule has 2 N–H and O–H groups in total. The van der Waals surface area contributed by atoms with Crippen LogP contribution >= 0.6 is 15.9 Å². The number of aliphatic hydroxyl groups is 1. The van der Waals surface area contributed by atoms with E-state index >= 15 is 0 Å². The van der Waals surface area contributed by atoms with Crippen LogP contribution in [0.15, 0.2) is 94.6 Å². The van der Waals surface area contributed by atoms with Gasteiger partial charge in [0.25, 0.3) is 5.56 Å². The van der Waals surface area contributed by atoms with Crippen molar-refractivity contribution in [2.45, 2.75) is 81.7 Å². The number of aliphatic hydroxyl groups excluding tert-OH is 1. The number of ether oxygens (including phenoxy) is 3. The average molecular weight is 752 g/mol. The molecule has 1 aromatic heterocycles. The Balaban J connectivity index is 1.90. The molecule has 9 nitrogen and oxygen atoms in total. The van der Waals surface area contributed by atoms with E-state index in [0.29, 0.717) is 17.1 Å². The number of hydrogen-bond donors (Lipinski definition) is 2. The Bertz CT molecular complexity index is 1810. The van der Waals surface area contributed by atoms with E-state index in [1.165, 1.54) is 10.8 Å². The summed E-state index contributed by atoms with van der Waals surface area (Å²) in [4.78, 5) is 27.9. The molecule has 4 atom stereocenters. The zero-order valence-electron chi connectivity index (χ0n) is 29.5. The molecule has 4 aromatic rings. The summed E-state index contributed by atoms with van der Waals surface area (Å²) in [6, 6.07) is 26.0. The normalized spacial score (nSPS) is 20.6. The van der Waals surface area contributed by atoms with Crippen molar-refractivity contribution in [3.05, 3.63) is 128 Å². The van der Waals surface area contributed by atoms with Crippen molar-refractivity contribution in [1.82, 2.24) is 9.55 Å². The van der Waals surface area contributed by atoms with Gasteiger partial charge in [0.15, 0.2) is 8.32 Å². The number of halogens is 1. The van der Waals surface area contributed by atoms with Crippen LogP contribution in [-0.4, -0.2) is 60.3 Å². The number of H-pyrrole nitrogens is 1. The highest BCUT2D eigenvalue weighted by atomic mass is 79.9. The lowest BCUT2D eigenvalue weighted by molar-refractivity contribution is -0.157. The molecule has 1 aliphatic heterocycles. The molecule has 262 valence electrons. The SMILES string of the molecule is COc1ccc(C(c2ccccc2)(c2ccc(OC)cc2)C(O[Si](C)(C)C(C)(C)C)[C@@]2(CBr)O[C@@H](n3cc(C)c(=O)[nH]c3=O)C[C@@H]2O)cc1. The predicted molar refractivity (Wildman–Crippen MR) is 198 cm³/mol. The fourth-order valence-electron chi connectivity index (χ4n) is 6.56. The number of aromatic amines is 1. The highest BCUT2D eigenvalue weighted by Gasteiger charge is 2.63. The van der Waals surface area contributed by atoms with E-state index in [9.17, 15) is 14.7 Å². The smallest absolute Gasteiger partial charge is 0.330 e. The third-order valence-electron chi connectivity index (χ3n) is 10.4. The Labute approximate surface area is 297 Å². The second-order valence-electron chi connectivity index (χ2n) is 14.3. The molecule has 1 unspecified atom stereocenters. The van der Waals surface area contributed by atoms with Crippen LogP contribution in [0.5, 0.6) is 11.5 Å². The van der Waals surface area contributed by atoms with Gasteiger partial charge in [0.05, 0.1) is 31.8 Å². The molecule has 0 amide bonds. The fourth-order valence-corrected chi connectivity index (χ4v) is 8.68. The number of methoxy groups -OCH3 is 2. The topological polar surface area (TPSA) is 112 Å². The van der Waals surface area contributed by atoms with E-state index in [-0.39, 0.29) is 16.8 Å². The van der Waals surface area contributed by atoms with E-state index < -0.39 is 49.0 Å². The highest BCUT2D eigenvalue weighted by molar-refractivity contribution is 9.09. The lowest BCUT2D eigenvalue weighted by Crippen LogP contribution is -2.65. The molecule has 2 heterocycles. The monoisotopic (exact) mass is 750 g/mol. The number of aromatic nitrogens is 2. The molecule has 0 bridgehead atoms. The summed E-state index contributed by atoms with van der Waals surface area (Å²) >= 11 is 3.80. The first-order chi connectivity index (χ1) is 23.1. The van der Waals surface area contributed by atoms with Crippen molar-refractivity contribution in [3.63, 3.8) is 0 Å². The quantitative estimate of drug-likeness (QED) is 0.0997. The Morgan fingerprint density at radius 1 is 0.939 bits per heavy atom. The first kappa shape index (κ1) is 36.8. The maximum absolute atomic E-state index is 13.2.